The number of imidazole rings is 1. The summed E-state index contributed by atoms with van der Waals surface area (Å²) in [5.74, 6) is -1.40. The summed E-state index contributed by atoms with van der Waals surface area (Å²) in [6.07, 6.45) is -5.50. The topological polar surface area (TPSA) is 107 Å². The van der Waals surface area contributed by atoms with Gasteiger partial charge in [-0.25, -0.2) is 0 Å². The van der Waals surface area contributed by atoms with E-state index in [4.69, 9.17) is 25.8 Å². The van der Waals surface area contributed by atoms with Crippen molar-refractivity contribution in [1.82, 2.24) is 19.8 Å². The fraction of sp³-hybridized carbons (Fsp3) is 0.346. The predicted molar refractivity (Wildman–Crippen MR) is 139 cm³/mol. The minimum Gasteiger partial charge on any atom is -0.425 e. The van der Waals surface area contributed by atoms with Crippen LogP contribution in [0.4, 0.5) is 19.0 Å². The summed E-state index contributed by atoms with van der Waals surface area (Å²) < 4.78 is 60.6. The van der Waals surface area contributed by atoms with Gasteiger partial charge in [-0.15, -0.1) is 13.2 Å². The van der Waals surface area contributed by atoms with Crippen molar-refractivity contribution in [2.75, 3.05) is 44.8 Å². The standard InChI is InChI=1S/C26H25ClF3N5O6/c1-33-20(36)15-34(10-12-39-25-31-9-11-38-25)23(37)21-22(33)32-24(35(21)14-16-5-7-17(27)8-6-16)40-18-3-2-4-19(13-18)41-26(28,29)30/h2-8,13,25,31H,9-12,14-15H2,1H3. The summed E-state index contributed by atoms with van der Waals surface area (Å²) in [6.45, 7) is 1.16. The van der Waals surface area contributed by atoms with Crippen LogP contribution >= 0.6 is 11.6 Å². The molecule has 1 N–H and O–H groups in total. The monoisotopic (exact) mass is 595 g/mol. The van der Waals surface area contributed by atoms with Gasteiger partial charge >= 0.3 is 12.4 Å². The van der Waals surface area contributed by atoms with Gasteiger partial charge in [0.1, 0.15) is 18.0 Å². The first kappa shape index (κ1) is 28.7. The molecule has 0 saturated carbocycles. The number of ether oxygens (including phenoxy) is 4. The number of amides is 2. The van der Waals surface area contributed by atoms with E-state index in [9.17, 15) is 22.8 Å². The zero-order chi connectivity index (χ0) is 29.1. The maximum atomic E-state index is 13.9. The average molecular weight is 596 g/mol. The smallest absolute Gasteiger partial charge is 0.425 e. The molecule has 41 heavy (non-hydrogen) atoms. The number of carbonyl (C=O) groups excluding carboxylic acids is 2. The Labute approximate surface area is 237 Å². The van der Waals surface area contributed by atoms with E-state index in [1.54, 1.807) is 24.3 Å². The number of alkyl halides is 3. The minimum atomic E-state index is -4.90. The molecular formula is C26H25ClF3N5O6. The number of halogens is 4. The number of anilines is 1. The summed E-state index contributed by atoms with van der Waals surface area (Å²) in [5.41, 5.74) is 0.778. The van der Waals surface area contributed by atoms with Crippen molar-refractivity contribution in [3.63, 3.8) is 0 Å². The van der Waals surface area contributed by atoms with E-state index in [1.165, 1.54) is 33.5 Å². The lowest BCUT2D eigenvalue weighted by molar-refractivity contribution is -0.274. The fourth-order valence-corrected chi connectivity index (χ4v) is 4.40. The summed E-state index contributed by atoms with van der Waals surface area (Å²) in [6, 6.07) is 11.6. The van der Waals surface area contributed by atoms with E-state index in [2.05, 4.69) is 15.0 Å². The number of carbonyl (C=O) groups is 2. The highest BCUT2D eigenvalue weighted by Crippen LogP contribution is 2.34. The van der Waals surface area contributed by atoms with Crippen LogP contribution in [0, 0.1) is 0 Å². The van der Waals surface area contributed by atoms with E-state index < -0.39 is 30.3 Å². The van der Waals surface area contributed by atoms with Gasteiger partial charge in [0.05, 0.1) is 19.8 Å². The number of fused-ring (bicyclic) bond motifs is 1. The summed E-state index contributed by atoms with van der Waals surface area (Å²) in [7, 11) is 1.48. The van der Waals surface area contributed by atoms with E-state index in [0.717, 1.165) is 17.7 Å². The Morgan fingerprint density at radius 2 is 1.90 bits per heavy atom. The van der Waals surface area contributed by atoms with Gasteiger partial charge in [0, 0.05) is 31.2 Å². The Balaban J connectivity index is 1.49. The molecule has 0 spiro atoms. The highest BCUT2D eigenvalue weighted by Gasteiger charge is 2.37. The Kier molecular flexibility index (Phi) is 8.35. The molecule has 3 heterocycles. The number of hydrogen-bond acceptors (Lipinski definition) is 8. The van der Waals surface area contributed by atoms with Gasteiger partial charge in [0.2, 0.25) is 12.3 Å². The van der Waals surface area contributed by atoms with Gasteiger partial charge in [0.25, 0.3) is 5.91 Å². The van der Waals surface area contributed by atoms with Gasteiger partial charge in [-0.1, -0.05) is 29.8 Å². The lowest BCUT2D eigenvalue weighted by Gasteiger charge is -2.22. The van der Waals surface area contributed by atoms with E-state index in [1.807, 2.05) is 0 Å². The van der Waals surface area contributed by atoms with E-state index >= 15 is 0 Å². The number of rotatable bonds is 9. The third-order valence-corrected chi connectivity index (χ3v) is 6.49. The number of likely N-dealkylation sites (N-methyl/N-ethyl adjacent to an activating group) is 1. The van der Waals surface area contributed by atoms with Crippen molar-refractivity contribution < 1.29 is 41.7 Å². The second-order valence-electron chi connectivity index (χ2n) is 9.11. The Hall–Kier alpha value is -3.85. The molecule has 1 saturated heterocycles. The molecule has 1 fully saturated rings. The molecule has 5 rings (SSSR count). The molecule has 11 nitrogen and oxygen atoms in total. The minimum absolute atomic E-state index is 0.0278. The summed E-state index contributed by atoms with van der Waals surface area (Å²) >= 11 is 6.04. The Morgan fingerprint density at radius 1 is 1.15 bits per heavy atom. The summed E-state index contributed by atoms with van der Waals surface area (Å²) in [4.78, 5) is 33.9. The van der Waals surface area contributed by atoms with Crippen molar-refractivity contribution >= 4 is 29.2 Å². The van der Waals surface area contributed by atoms with Crippen molar-refractivity contribution in [3.8, 4) is 17.5 Å². The third kappa shape index (κ3) is 6.90. The first-order valence-electron chi connectivity index (χ1n) is 12.5. The molecule has 1 atom stereocenters. The zero-order valence-corrected chi connectivity index (χ0v) is 22.4. The van der Waals surface area contributed by atoms with Gasteiger partial charge in [0.15, 0.2) is 11.5 Å². The van der Waals surface area contributed by atoms with Gasteiger partial charge in [-0.05, 0) is 29.8 Å². The first-order valence-corrected chi connectivity index (χ1v) is 12.9. The quantitative estimate of drug-likeness (QED) is 0.400. The van der Waals surface area contributed by atoms with Crippen molar-refractivity contribution in [3.05, 3.63) is 64.8 Å². The van der Waals surface area contributed by atoms with Gasteiger partial charge < -0.3 is 23.8 Å². The highest BCUT2D eigenvalue weighted by molar-refractivity contribution is 6.30. The Bertz CT molecular complexity index is 1410. The van der Waals surface area contributed by atoms with E-state index in [0.29, 0.717) is 18.2 Å². The lowest BCUT2D eigenvalue weighted by Crippen LogP contribution is -2.41. The van der Waals surface area contributed by atoms with Crippen LogP contribution in [-0.4, -0.2) is 78.9 Å². The molecule has 0 bridgehead atoms. The zero-order valence-electron chi connectivity index (χ0n) is 21.7. The van der Waals surface area contributed by atoms with Crippen LogP contribution in [0.2, 0.25) is 5.02 Å². The van der Waals surface area contributed by atoms with E-state index in [-0.39, 0.29) is 49.5 Å². The highest BCUT2D eigenvalue weighted by atomic mass is 35.5. The van der Waals surface area contributed by atoms with Crippen LogP contribution in [0.15, 0.2) is 48.5 Å². The van der Waals surface area contributed by atoms with Crippen molar-refractivity contribution in [2.45, 2.75) is 19.3 Å². The van der Waals surface area contributed by atoms with Crippen LogP contribution in [0.25, 0.3) is 0 Å². The van der Waals surface area contributed by atoms with Gasteiger partial charge in [-0.2, -0.15) is 4.98 Å². The summed E-state index contributed by atoms with van der Waals surface area (Å²) in [5, 5.41) is 3.50. The molecule has 0 radical (unpaired) electrons. The Morgan fingerprint density at radius 3 is 2.61 bits per heavy atom. The molecule has 1 unspecified atom stereocenters. The van der Waals surface area contributed by atoms with Crippen LogP contribution in [0.3, 0.4) is 0 Å². The van der Waals surface area contributed by atoms with Crippen molar-refractivity contribution in [2.24, 2.45) is 0 Å². The van der Waals surface area contributed by atoms with Crippen LogP contribution in [0.1, 0.15) is 16.1 Å². The van der Waals surface area contributed by atoms with Crippen LogP contribution in [0.5, 0.6) is 17.5 Å². The molecule has 0 aliphatic carbocycles. The number of nitrogens with zero attached hydrogens (tertiary/aromatic N) is 4. The average Bonchev–Trinajstić information content (AvgIpc) is 3.54. The normalized spacial score (nSPS) is 17.5. The first-order chi connectivity index (χ1) is 19.6. The largest absolute Gasteiger partial charge is 0.573 e. The molecule has 3 aromatic rings. The molecule has 15 heteroatoms. The SMILES string of the molecule is CN1C(=O)CN(CCOC2NCCO2)C(=O)c2c1nc(Oc1cccc(OC(F)(F)F)c1)n2Cc1ccc(Cl)cc1. The molecule has 1 aromatic heterocycles. The maximum Gasteiger partial charge on any atom is 0.573 e. The fourth-order valence-electron chi connectivity index (χ4n) is 4.27. The predicted octanol–water partition coefficient (Wildman–Crippen LogP) is 3.61. The molecule has 218 valence electrons. The third-order valence-electron chi connectivity index (χ3n) is 6.24. The number of hydrogen-bond donors (Lipinski definition) is 1. The molecule has 2 aromatic carbocycles. The second-order valence-corrected chi connectivity index (χ2v) is 9.55. The number of benzene rings is 2. The number of aromatic nitrogens is 2. The number of nitrogens with one attached hydrogen (secondary N) is 1. The molecule has 2 amide bonds. The maximum absolute atomic E-state index is 13.9. The van der Waals surface area contributed by atoms with Crippen molar-refractivity contribution in [1.29, 1.82) is 0 Å². The molecule has 2 aliphatic heterocycles. The van der Waals surface area contributed by atoms with Crippen LogP contribution in [-0.2, 0) is 20.8 Å². The second kappa shape index (κ2) is 11.9. The lowest BCUT2D eigenvalue weighted by atomic mass is 10.2. The van der Waals surface area contributed by atoms with Gasteiger partial charge in [-0.3, -0.25) is 24.4 Å². The van der Waals surface area contributed by atoms with Crippen LogP contribution < -0.4 is 19.7 Å². The molecule has 2 aliphatic rings. The molecular weight excluding hydrogens is 571 g/mol.